The minimum Gasteiger partial charge on any atom is -0.484 e. The maximum atomic E-state index is 15.3. The molecule has 460 valence electrons. The number of piperazine rings is 4. The molecular weight excluding hydrogens is 1100 g/mol. The lowest BCUT2D eigenvalue weighted by Gasteiger charge is -2.36. The molecule has 6 heterocycles. The van der Waals surface area contributed by atoms with Gasteiger partial charge in [0.2, 0.25) is 0 Å². The highest BCUT2D eigenvalue weighted by Crippen LogP contribution is 2.31. The maximum Gasteiger partial charge on any atom is 0.414 e. The van der Waals surface area contributed by atoms with Gasteiger partial charge in [-0.1, -0.05) is 24.3 Å². The fourth-order valence-electron chi connectivity index (χ4n) is 10.8. The summed E-state index contributed by atoms with van der Waals surface area (Å²) in [6, 6.07) is 25.2. The van der Waals surface area contributed by atoms with Gasteiger partial charge >= 0.3 is 18.3 Å². The molecule has 2 atom stereocenters. The van der Waals surface area contributed by atoms with Crippen molar-refractivity contribution in [2.75, 3.05) is 178 Å². The van der Waals surface area contributed by atoms with Gasteiger partial charge in [0, 0.05) is 124 Å². The van der Waals surface area contributed by atoms with Gasteiger partial charge in [0.15, 0.2) is 13.2 Å². The number of nitrogens with one attached hydrogen (secondary N) is 1. The lowest BCUT2D eigenvalue weighted by molar-refractivity contribution is -0.134. The lowest BCUT2D eigenvalue weighted by Crippen LogP contribution is -2.50. The van der Waals surface area contributed by atoms with Crippen molar-refractivity contribution in [3.63, 3.8) is 0 Å². The van der Waals surface area contributed by atoms with Gasteiger partial charge in [-0.15, -0.1) is 0 Å². The van der Waals surface area contributed by atoms with Gasteiger partial charge in [0.05, 0.1) is 42.4 Å². The van der Waals surface area contributed by atoms with Crippen LogP contribution in [-0.4, -0.2) is 236 Å². The molecule has 5 amide bonds. The summed E-state index contributed by atoms with van der Waals surface area (Å²) in [6.45, 7) is 20.1. The monoisotopic (exact) mass is 1180 g/mol. The highest BCUT2D eigenvalue weighted by atomic mass is 19.1. The zero-order chi connectivity index (χ0) is 60.2. The molecule has 0 aliphatic carbocycles. The molecule has 0 bridgehead atoms. The highest BCUT2D eigenvalue weighted by Gasteiger charge is 2.35. The highest BCUT2D eigenvalue weighted by molar-refractivity contribution is 5.91. The van der Waals surface area contributed by atoms with Crippen LogP contribution in [0.4, 0.5) is 45.9 Å². The molecule has 24 heteroatoms. The van der Waals surface area contributed by atoms with Crippen LogP contribution in [0, 0.1) is 11.6 Å². The average molecular weight is 1180 g/mol. The van der Waals surface area contributed by atoms with Crippen molar-refractivity contribution >= 4 is 52.8 Å². The van der Waals surface area contributed by atoms with E-state index in [0.29, 0.717) is 93.2 Å². The molecule has 0 aromatic heterocycles. The quantitative estimate of drug-likeness (QED) is 0.137. The summed E-state index contributed by atoms with van der Waals surface area (Å²) in [5, 5.41) is 2.60. The number of halogens is 2. The third-order valence-corrected chi connectivity index (χ3v) is 15.9. The molecule has 0 saturated carbocycles. The molecule has 6 fully saturated rings. The van der Waals surface area contributed by atoms with Crippen LogP contribution in [0.25, 0.3) is 0 Å². The minimum absolute atomic E-state index is 0.0312. The number of amides is 5. The van der Waals surface area contributed by atoms with Gasteiger partial charge in [-0.25, -0.2) is 23.2 Å². The van der Waals surface area contributed by atoms with Crippen LogP contribution in [0.3, 0.4) is 0 Å². The van der Waals surface area contributed by atoms with Crippen molar-refractivity contribution < 1.29 is 56.4 Å². The summed E-state index contributed by atoms with van der Waals surface area (Å²) in [7, 11) is 4.30. The first kappa shape index (κ1) is 62.0. The number of carbonyl (C=O) groups is 5. The first-order valence-electron chi connectivity index (χ1n) is 29.4. The molecule has 4 aromatic rings. The molecule has 6 saturated heterocycles. The number of anilines is 4. The van der Waals surface area contributed by atoms with E-state index in [1.54, 1.807) is 54.8 Å². The Hall–Kier alpha value is -7.51. The predicted octanol–water partition coefficient (Wildman–Crippen LogP) is 4.74. The van der Waals surface area contributed by atoms with Crippen molar-refractivity contribution in [1.29, 1.82) is 0 Å². The van der Waals surface area contributed by atoms with Gasteiger partial charge in [-0.2, -0.15) is 0 Å². The number of nitrogens with two attached hydrogens (primary N) is 1. The second-order valence-corrected chi connectivity index (χ2v) is 23.4. The van der Waals surface area contributed by atoms with Crippen LogP contribution in [-0.2, 0) is 36.9 Å². The Morgan fingerprint density at radius 1 is 0.565 bits per heavy atom. The first-order valence-corrected chi connectivity index (χ1v) is 29.4. The van der Waals surface area contributed by atoms with Crippen molar-refractivity contribution in [1.82, 2.24) is 34.7 Å². The van der Waals surface area contributed by atoms with Gasteiger partial charge in [0.1, 0.15) is 40.9 Å². The Labute approximate surface area is 496 Å². The normalized spacial score (nSPS) is 20.2. The second kappa shape index (κ2) is 28.6. The number of carbonyl (C=O) groups excluding carboxylic acids is 5. The summed E-state index contributed by atoms with van der Waals surface area (Å²) in [5.74, 6) is 0.236. The molecule has 22 nitrogen and oxygen atoms in total. The van der Waals surface area contributed by atoms with E-state index in [-0.39, 0.29) is 50.8 Å². The van der Waals surface area contributed by atoms with E-state index >= 15 is 4.39 Å². The third-order valence-electron chi connectivity index (χ3n) is 15.9. The van der Waals surface area contributed by atoms with E-state index < -0.39 is 41.6 Å². The average Bonchev–Trinajstić information content (AvgIpc) is 3.24. The van der Waals surface area contributed by atoms with Gasteiger partial charge < -0.3 is 64.1 Å². The molecule has 3 N–H and O–H groups in total. The third kappa shape index (κ3) is 17.3. The number of likely N-dealkylation sites (N-methyl/N-ethyl adjacent to an activating group) is 2. The van der Waals surface area contributed by atoms with Crippen molar-refractivity contribution in [2.45, 2.75) is 51.7 Å². The molecule has 85 heavy (non-hydrogen) atoms. The molecule has 0 spiro atoms. The number of alkyl carbamates (subject to hydrolysis) is 1. The minimum atomic E-state index is -0.642. The molecular formula is C61H82F2N12O10. The Kier molecular flexibility index (Phi) is 20.9. The van der Waals surface area contributed by atoms with Crippen LogP contribution in [0.1, 0.15) is 31.9 Å². The van der Waals surface area contributed by atoms with E-state index in [1.165, 1.54) is 33.1 Å². The van der Waals surface area contributed by atoms with Crippen LogP contribution in [0.2, 0.25) is 0 Å². The smallest absolute Gasteiger partial charge is 0.414 e. The predicted molar refractivity (Wildman–Crippen MR) is 318 cm³/mol. The number of hydrogen-bond acceptors (Lipinski definition) is 17. The van der Waals surface area contributed by atoms with E-state index in [1.807, 2.05) is 46.2 Å². The maximum absolute atomic E-state index is 15.3. The SMILES string of the molecule is CN1CCN(Cc2ccc(OCC(=O)N3CCN(c4ccc(N5C[C@H](CN)OC5=O)cc4F)CC3)cc2)CC1.CN1CCN(Cc2ccc(OCC(=O)N3CCN(c4ccc(N5C[C@H](CNC(=O)OC(C)(C)C)OC5=O)cc4F)CC3)cc2)CC1. The standard InChI is InChI=1S/C33H45FN6O6.C28H37FN6O4/c1-33(2,3)46-31(42)35-20-27-22-40(32(43)45-27)25-7-10-29(28(34)19-25)38-15-17-39(18-16-38)30(41)23-44-26-8-5-24(6-9-26)21-37-13-11-36(4)12-14-37;1-31-8-10-32(11-9-31)18-21-2-5-23(6-3-21)38-20-27(36)34-14-12-33(13-15-34)26-7-4-22(16-25(26)29)35-19-24(17-30)39-28(35)37/h5-10,19,27H,11-18,20-23H2,1-4H3,(H,35,42);2-7,16,24H,8-15,17-20,30H2,1H3/t27-;24-/m00/s1. The molecule has 6 aliphatic rings. The summed E-state index contributed by atoms with van der Waals surface area (Å²) in [6.07, 6.45) is -2.72. The van der Waals surface area contributed by atoms with E-state index in [4.69, 9.17) is 29.4 Å². The van der Waals surface area contributed by atoms with Crippen molar-refractivity contribution in [2.24, 2.45) is 5.73 Å². The zero-order valence-electron chi connectivity index (χ0n) is 49.6. The fourth-order valence-corrected chi connectivity index (χ4v) is 10.8. The number of cyclic esters (lactones) is 2. The van der Waals surface area contributed by atoms with Crippen LogP contribution in [0.5, 0.6) is 11.5 Å². The van der Waals surface area contributed by atoms with Gasteiger partial charge in [-0.3, -0.25) is 29.2 Å². The number of rotatable bonds is 17. The summed E-state index contributed by atoms with van der Waals surface area (Å²) in [5.41, 5.74) is 9.05. The Bertz CT molecular complexity index is 2910. The van der Waals surface area contributed by atoms with Crippen LogP contribution < -0.4 is 40.1 Å². The first-order chi connectivity index (χ1) is 40.8. The Balaban J connectivity index is 0.000000206. The van der Waals surface area contributed by atoms with E-state index in [0.717, 1.165) is 65.4 Å². The molecule has 6 aliphatic heterocycles. The van der Waals surface area contributed by atoms with Gasteiger partial charge in [0.25, 0.3) is 11.8 Å². The molecule has 0 unspecified atom stereocenters. The second-order valence-electron chi connectivity index (χ2n) is 23.4. The summed E-state index contributed by atoms with van der Waals surface area (Å²) >= 11 is 0. The lowest BCUT2D eigenvalue weighted by atomic mass is 10.2. The molecule has 0 radical (unpaired) electrons. The number of ether oxygens (including phenoxy) is 5. The Morgan fingerprint density at radius 2 is 0.965 bits per heavy atom. The topological polar surface area (TPSA) is 202 Å². The fraction of sp³-hybridized carbons (Fsp3) is 0.525. The van der Waals surface area contributed by atoms with Crippen LogP contribution >= 0.6 is 0 Å². The van der Waals surface area contributed by atoms with Gasteiger partial charge in [-0.05, 0) is 107 Å². The largest absolute Gasteiger partial charge is 0.484 e. The molecule has 10 rings (SSSR count). The Morgan fingerprint density at radius 3 is 1.34 bits per heavy atom. The van der Waals surface area contributed by atoms with Crippen molar-refractivity contribution in [3.8, 4) is 11.5 Å². The van der Waals surface area contributed by atoms with Crippen LogP contribution in [0.15, 0.2) is 84.9 Å². The summed E-state index contributed by atoms with van der Waals surface area (Å²) in [4.78, 5) is 81.6. The number of nitrogens with zero attached hydrogens (tertiary/aromatic N) is 10. The molecule has 4 aromatic carbocycles. The summed E-state index contributed by atoms with van der Waals surface area (Å²) < 4.78 is 57.5. The van der Waals surface area contributed by atoms with E-state index in [9.17, 15) is 28.4 Å². The number of hydrogen-bond donors (Lipinski definition) is 2. The van der Waals surface area contributed by atoms with E-state index in [2.05, 4.69) is 51.1 Å². The zero-order valence-corrected chi connectivity index (χ0v) is 49.6. The van der Waals surface area contributed by atoms with Crippen molar-refractivity contribution in [3.05, 3.63) is 108 Å². The number of benzene rings is 4.